The van der Waals surface area contributed by atoms with Gasteiger partial charge >= 0.3 is 0 Å². The molecule has 0 aromatic rings. The van der Waals surface area contributed by atoms with Crippen LogP contribution in [0.2, 0.25) is 0 Å². The SMILES string of the molecule is CC(O)CCN(CC1CC1)CC1CCCN1. The Kier molecular flexibility index (Phi) is 4.62. The third kappa shape index (κ3) is 4.40. The Bertz CT molecular complexity index is 198. The first-order chi connectivity index (χ1) is 7.74. The zero-order chi connectivity index (χ0) is 11.4. The van der Waals surface area contributed by atoms with E-state index >= 15 is 0 Å². The van der Waals surface area contributed by atoms with Gasteiger partial charge in [0.05, 0.1) is 6.10 Å². The van der Waals surface area contributed by atoms with E-state index in [1.165, 1.54) is 45.3 Å². The van der Waals surface area contributed by atoms with E-state index in [1.807, 2.05) is 6.92 Å². The highest BCUT2D eigenvalue weighted by Crippen LogP contribution is 2.30. The van der Waals surface area contributed by atoms with Crippen LogP contribution in [0.5, 0.6) is 0 Å². The van der Waals surface area contributed by atoms with Gasteiger partial charge in [-0.1, -0.05) is 0 Å². The quantitative estimate of drug-likeness (QED) is 0.685. The van der Waals surface area contributed by atoms with Crippen molar-refractivity contribution in [1.82, 2.24) is 10.2 Å². The molecular weight excluding hydrogens is 200 g/mol. The summed E-state index contributed by atoms with van der Waals surface area (Å²) < 4.78 is 0. The predicted octanol–water partition coefficient (Wildman–Crippen LogP) is 1.22. The third-order valence-electron chi connectivity index (χ3n) is 3.72. The minimum absolute atomic E-state index is 0.154. The van der Waals surface area contributed by atoms with Crippen LogP contribution in [0, 0.1) is 5.92 Å². The molecule has 2 aliphatic rings. The first-order valence-electron chi connectivity index (χ1n) is 6.88. The summed E-state index contributed by atoms with van der Waals surface area (Å²) in [6, 6.07) is 0.702. The second-order valence-corrected chi connectivity index (χ2v) is 5.63. The lowest BCUT2D eigenvalue weighted by Crippen LogP contribution is -2.39. The van der Waals surface area contributed by atoms with Crippen LogP contribution in [0.4, 0.5) is 0 Å². The number of aliphatic hydroxyl groups is 1. The van der Waals surface area contributed by atoms with E-state index in [-0.39, 0.29) is 6.10 Å². The Balaban J connectivity index is 1.71. The fourth-order valence-corrected chi connectivity index (χ4v) is 2.52. The molecule has 0 aromatic heterocycles. The Labute approximate surface area is 99.2 Å². The maximum absolute atomic E-state index is 9.37. The van der Waals surface area contributed by atoms with Gasteiger partial charge in [0.25, 0.3) is 0 Å². The average molecular weight is 226 g/mol. The average Bonchev–Trinajstić information content (AvgIpc) is 2.90. The lowest BCUT2D eigenvalue weighted by molar-refractivity contribution is 0.149. The van der Waals surface area contributed by atoms with Crippen molar-refractivity contribution >= 4 is 0 Å². The number of hydrogen-bond acceptors (Lipinski definition) is 3. The first kappa shape index (κ1) is 12.3. The molecule has 1 saturated carbocycles. The molecule has 2 fully saturated rings. The largest absolute Gasteiger partial charge is 0.393 e. The Morgan fingerprint density at radius 2 is 2.12 bits per heavy atom. The van der Waals surface area contributed by atoms with Gasteiger partial charge in [0.1, 0.15) is 0 Å². The summed E-state index contributed by atoms with van der Waals surface area (Å²) in [5, 5.41) is 12.9. The molecule has 1 heterocycles. The van der Waals surface area contributed by atoms with Crippen LogP contribution in [-0.4, -0.2) is 48.3 Å². The lowest BCUT2D eigenvalue weighted by atomic mass is 10.2. The van der Waals surface area contributed by atoms with Gasteiger partial charge in [-0.15, -0.1) is 0 Å². The fourth-order valence-electron chi connectivity index (χ4n) is 2.52. The normalized spacial score (nSPS) is 27.6. The maximum Gasteiger partial charge on any atom is 0.0524 e. The van der Waals surface area contributed by atoms with Crippen LogP contribution in [0.1, 0.15) is 39.0 Å². The summed E-state index contributed by atoms with van der Waals surface area (Å²) in [4.78, 5) is 2.56. The molecule has 0 bridgehead atoms. The number of aliphatic hydroxyl groups excluding tert-OH is 1. The number of nitrogens with zero attached hydrogens (tertiary/aromatic N) is 1. The molecular formula is C13H26N2O. The monoisotopic (exact) mass is 226 g/mol. The van der Waals surface area contributed by atoms with Gasteiger partial charge in [-0.2, -0.15) is 0 Å². The predicted molar refractivity (Wildman–Crippen MR) is 66.5 cm³/mol. The standard InChI is InChI=1S/C13H26N2O/c1-11(16)6-8-15(9-12-4-5-12)10-13-3-2-7-14-13/h11-14,16H,2-10H2,1H3. The van der Waals surface area contributed by atoms with Crippen LogP contribution < -0.4 is 5.32 Å². The van der Waals surface area contributed by atoms with Gasteiger partial charge in [0.2, 0.25) is 0 Å². The van der Waals surface area contributed by atoms with Crippen molar-refractivity contribution in [3.05, 3.63) is 0 Å². The van der Waals surface area contributed by atoms with E-state index in [2.05, 4.69) is 10.2 Å². The van der Waals surface area contributed by atoms with E-state index in [1.54, 1.807) is 0 Å². The van der Waals surface area contributed by atoms with E-state index < -0.39 is 0 Å². The molecule has 2 N–H and O–H groups in total. The summed E-state index contributed by atoms with van der Waals surface area (Å²) in [5.74, 6) is 0.954. The Morgan fingerprint density at radius 3 is 2.69 bits per heavy atom. The molecule has 3 heteroatoms. The Morgan fingerprint density at radius 1 is 1.31 bits per heavy atom. The smallest absolute Gasteiger partial charge is 0.0524 e. The number of hydrogen-bond donors (Lipinski definition) is 2. The molecule has 2 atom stereocenters. The molecule has 16 heavy (non-hydrogen) atoms. The zero-order valence-electron chi connectivity index (χ0n) is 10.5. The molecule has 1 aliphatic heterocycles. The van der Waals surface area contributed by atoms with Gasteiger partial charge in [0.15, 0.2) is 0 Å². The van der Waals surface area contributed by atoms with Gasteiger partial charge in [-0.25, -0.2) is 0 Å². The molecule has 3 nitrogen and oxygen atoms in total. The van der Waals surface area contributed by atoms with Crippen molar-refractivity contribution in [2.45, 2.75) is 51.2 Å². The molecule has 1 saturated heterocycles. The molecule has 0 aromatic carbocycles. The second kappa shape index (κ2) is 5.99. The lowest BCUT2D eigenvalue weighted by Gasteiger charge is -2.26. The highest BCUT2D eigenvalue weighted by Gasteiger charge is 2.26. The molecule has 0 amide bonds. The van der Waals surface area contributed by atoms with Gasteiger partial charge in [-0.05, 0) is 51.5 Å². The van der Waals surface area contributed by atoms with Crippen molar-refractivity contribution in [3.8, 4) is 0 Å². The fraction of sp³-hybridized carbons (Fsp3) is 1.00. The Hall–Kier alpha value is -0.120. The molecule has 0 spiro atoms. The van der Waals surface area contributed by atoms with Crippen LogP contribution in [0.25, 0.3) is 0 Å². The van der Waals surface area contributed by atoms with Crippen LogP contribution in [-0.2, 0) is 0 Å². The molecule has 1 aliphatic carbocycles. The van der Waals surface area contributed by atoms with E-state index in [0.29, 0.717) is 6.04 Å². The van der Waals surface area contributed by atoms with E-state index in [0.717, 1.165) is 18.9 Å². The number of rotatable bonds is 7. The van der Waals surface area contributed by atoms with Crippen molar-refractivity contribution in [3.63, 3.8) is 0 Å². The van der Waals surface area contributed by atoms with Gasteiger partial charge in [0, 0.05) is 25.7 Å². The molecule has 0 radical (unpaired) electrons. The van der Waals surface area contributed by atoms with Crippen LogP contribution in [0.3, 0.4) is 0 Å². The van der Waals surface area contributed by atoms with Crippen molar-refractivity contribution in [2.75, 3.05) is 26.2 Å². The van der Waals surface area contributed by atoms with Crippen molar-refractivity contribution in [1.29, 1.82) is 0 Å². The third-order valence-corrected chi connectivity index (χ3v) is 3.72. The second-order valence-electron chi connectivity index (χ2n) is 5.63. The molecule has 2 rings (SSSR count). The van der Waals surface area contributed by atoms with Crippen molar-refractivity contribution < 1.29 is 5.11 Å². The minimum Gasteiger partial charge on any atom is -0.393 e. The van der Waals surface area contributed by atoms with Gasteiger partial charge < -0.3 is 15.3 Å². The highest BCUT2D eigenvalue weighted by atomic mass is 16.3. The summed E-state index contributed by atoms with van der Waals surface area (Å²) in [6.07, 6.45) is 6.26. The summed E-state index contributed by atoms with van der Waals surface area (Å²) in [7, 11) is 0. The number of nitrogens with one attached hydrogen (secondary N) is 1. The molecule has 2 unspecified atom stereocenters. The highest BCUT2D eigenvalue weighted by molar-refractivity contribution is 4.82. The summed E-state index contributed by atoms with van der Waals surface area (Å²) in [5.41, 5.74) is 0. The topological polar surface area (TPSA) is 35.5 Å². The maximum atomic E-state index is 9.37. The summed E-state index contributed by atoms with van der Waals surface area (Å²) in [6.45, 7) is 6.59. The molecule has 94 valence electrons. The minimum atomic E-state index is -0.154. The van der Waals surface area contributed by atoms with E-state index in [9.17, 15) is 5.11 Å². The summed E-state index contributed by atoms with van der Waals surface area (Å²) >= 11 is 0. The zero-order valence-corrected chi connectivity index (χ0v) is 10.5. The van der Waals surface area contributed by atoms with Gasteiger partial charge in [-0.3, -0.25) is 0 Å². The van der Waals surface area contributed by atoms with Crippen LogP contribution >= 0.6 is 0 Å². The van der Waals surface area contributed by atoms with E-state index in [4.69, 9.17) is 0 Å². The van der Waals surface area contributed by atoms with Crippen molar-refractivity contribution in [2.24, 2.45) is 5.92 Å². The first-order valence-corrected chi connectivity index (χ1v) is 6.88. The van der Waals surface area contributed by atoms with Crippen LogP contribution in [0.15, 0.2) is 0 Å².